The van der Waals surface area contributed by atoms with Crippen molar-refractivity contribution in [2.45, 2.75) is 37.3 Å². The molecule has 0 amide bonds. The Morgan fingerprint density at radius 1 is 1.35 bits per heavy atom. The number of aryl methyl sites for hydroxylation is 1. The highest BCUT2D eigenvalue weighted by Crippen LogP contribution is 2.42. The van der Waals surface area contributed by atoms with Crippen LogP contribution in [0.1, 0.15) is 35.8 Å². The van der Waals surface area contributed by atoms with E-state index in [9.17, 15) is 0 Å². The smallest absolute Gasteiger partial charge is 0.142 e. The fourth-order valence-electron chi connectivity index (χ4n) is 2.03. The van der Waals surface area contributed by atoms with Crippen LogP contribution in [-0.4, -0.2) is 26.7 Å². The quantitative estimate of drug-likeness (QED) is 0.914. The molecule has 2 heterocycles. The van der Waals surface area contributed by atoms with Crippen molar-refractivity contribution in [3.8, 4) is 0 Å². The number of aromatic nitrogens is 2. The lowest BCUT2D eigenvalue weighted by molar-refractivity contribution is 0.734. The molecule has 3 nitrogen and oxygen atoms in total. The summed E-state index contributed by atoms with van der Waals surface area (Å²) in [6, 6.07) is 1.98. The van der Waals surface area contributed by atoms with Crippen LogP contribution in [0.5, 0.6) is 0 Å². The molecule has 0 spiro atoms. The Morgan fingerprint density at radius 2 is 2.12 bits per heavy atom. The maximum Gasteiger partial charge on any atom is 0.142 e. The van der Waals surface area contributed by atoms with E-state index in [1.807, 2.05) is 24.8 Å². The van der Waals surface area contributed by atoms with Crippen molar-refractivity contribution < 1.29 is 0 Å². The van der Waals surface area contributed by atoms with Gasteiger partial charge < -0.3 is 5.73 Å². The van der Waals surface area contributed by atoms with Gasteiger partial charge in [-0.25, -0.2) is 9.97 Å². The Balaban J connectivity index is 2.27. The highest BCUT2D eigenvalue weighted by atomic mass is 32.2. The second kappa shape index (κ2) is 6.07. The molecule has 1 aliphatic heterocycles. The molecular formula is C12H19N3S2. The van der Waals surface area contributed by atoms with Crippen LogP contribution >= 0.6 is 23.5 Å². The molecule has 1 aromatic rings. The van der Waals surface area contributed by atoms with Crippen molar-refractivity contribution in [1.82, 2.24) is 9.97 Å². The molecule has 0 bridgehead atoms. The molecule has 2 unspecified atom stereocenters. The van der Waals surface area contributed by atoms with Gasteiger partial charge in [-0.15, -0.1) is 11.8 Å². The van der Waals surface area contributed by atoms with E-state index in [1.165, 1.54) is 17.9 Å². The van der Waals surface area contributed by atoms with Gasteiger partial charge in [-0.05, 0) is 19.4 Å². The first-order valence-corrected chi connectivity index (χ1v) is 8.12. The SMILES string of the molecule is CCC1SCCSC1c1nc(C)cc(CN)n1. The van der Waals surface area contributed by atoms with Gasteiger partial charge in [-0.2, -0.15) is 11.8 Å². The highest BCUT2D eigenvalue weighted by Gasteiger charge is 2.28. The third-order valence-electron chi connectivity index (χ3n) is 2.84. The van der Waals surface area contributed by atoms with E-state index >= 15 is 0 Å². The molecule has 2 atom stereocenters. The first-order valence-electron chi connectivity index (χ1n) is 6.02. The van der Waals surface area contributed by atoms with E-state index in [4.69, 9.17) is 5.73 Å². The minimum Gasteiger partial charge on any atom is -0.325 e. The van der Waals surface area contributed by atoms with Gasteiger partial charge >= 0.3 is 0 Å². The maximum absolute atomic E-state index is 5.68. The molecule has 1 aliphatic rings. The van der Waals surface area contributed by atoms with E-state index in [-0.39, 0.29) is 0 Å². The number of nitrogens with two attached hydrogens (primary N) is 1. The average molecular weight is 269 g/mol. The Hall–Kier alpha value is -0.260. The fraction of sp³-hybridized carbons (Fsp3) is 0.667. The fourth-order valence-corrected chi connectivity index (χ4v) is 5.02. The lowest BCUT2D eigenvalue weighted by Crippen LogP contribution is -2.21. The lowest BCUT2D eigenvalue weighted by Gasteiger charge is -2.29. The number of nitrogens with zero attached hydrogens (tertiary/aromatic N) is 2. The predicted octanol–water partition coefficient (Wildman–Crippen LogP) is 2.54. The Kier molecular flexibility index (Phi) is 4.70. The lowest BCUT2D eigenvalue weighted by atomic mass is 10.2. The maximum atomic E-state index is 5.68. The van der Waals surface area contributed by atoms with Gasteiger partial charge in [0.25, 0.3) is 0 Å². The molecule has 0 saturated carbocycles. The molecule has 94 valence electrons. The van der Waals surface area contributed by atoms with Gasteiger partial charge in [-0.1, -0.05) is 6.92 Å². The highest BCUT2D eigenvalue weighted by molar-refractivity contribution is 8.06. The van der Waals surface area contributed by atoms with Crippen LogP contribution in [0.2, 0.25) is 0 Å². The van der Waals surface area contributed by atoms with Gasteiger partial charge in [-0.3, -0.25) is 0 Å². The van der Waals surface area contributed by atoms with Crippen LogP contribution in [0.25, 0.3) is 0 Å². The predicted molar refractivity (Wildman–Crippen MR) is 76.4 cm³/mol. The summed E-state index contributed by atoms with van der Waals surface area (Å²) < 4.78 is 0. The number of hydrogen-bond acceptors (Lipinski definition) is 5. The third kappa shape index (κ3) is 3.14. The van der Waals surface area contributed by atoms with Crippen LogP contribution < -0.4 is 5.73 Å². The summed E-state index contributed by atoms with van der Waals surface area (Å²) in [5.41, 5.74) is 7.67. The summed E-state index contributed by atoms with van der Waals surface area (Å²) in [5.74, 6) is 3.42. The minimum absolute atomic E-state index is 0.434. The van der Waals surface area contributed by atoms with Gasteiger partial charge in [0.15, 0.2) is 0 Å². The molecule has 0 aliphatic carbocycles. The number of hydrogen-bond donors (Lipinski definition) is 1. The molecule has 5 heteroatoms. The standard InChI is InChI=1S/C12H19N3S2/c1-3-10-11(17-5-4-16-10)12-14-8(2)6-9(7-13)15-12/h6,10-11H,3-5,7,13H2,1-2H3. The number of rotatable bonds is 3. The van der Waals surface area contributed by atoms with Crippen molar-refractivity contribution in [3.05, 3.63) is 23.3 Å². The molecule has 0 radical (unpaired) electrons. The van der Waals surface area contributed by atoms with Crippen LogP contribution in [0.4, 0.5) is 0 Å². The normalized spacial score (nSPS) is 24.9. The molecule has 1 fully saturated rings. The molecule has 1 saturated heterocycles. The summed E-state index contributed by atoms with van der Waals surface area (Å²) in [6.45, 7) is 4.76. The van der Waals surface area contributed by atoms with Crippen LogP contribution in [0.15, 0.2) is 6.07 Å². The first-order chi connectivity index (χ1) is 8.24. The van der Waals surface area contributed by atoms with Gasteiger partial charge in [0.2, 0.25) is 0 Å². The summed E-state index contributed by atoms with van der Waals surface area (Å²) in [7, 11) is 0. The van der Waals surface area contributed by atoms with Crippen LogP contribution in [0.3, 0.4) is 0 Å². The number of thioether (sulfide) groups is 2. The minimum atomic E-state index is 0.434. The van der Waals surface area contributed by atoms with Crippen molar-refractivity contribution in [2.75, 3.05) is 11.5 Å². The Labute approximate surface area is 111 Å². The zero-order valence-electron chi connectivity index (χ0n) is 10.3. The van der Waals surface area contributed by atoms with E-state index in [1.54, 1.807) is 0 Å². The van der Waals surface area contributed by atoms with Crippen molar-refractivity contribution in [1.29, 1.82) is 0 Å². The zero-order chi connectivity index (χ0) is 12.3. The molecule has 0 aromatic carbocycles. The van der Waals surface area contributed by atoms with Crippen LogP contribution in [-0.2, 0) is 6.54 Å². The molecular weight excluding hydrogens is 250 g/mol. The van der Waals surface area contributed by atoms with Gasteiger partial charge in [0.1, 0.15) is 5.82 Å². The monoisotopic (exact) mass is 269 g/mol. The van der Waals surface area contributed by atoms with Crippen LogP contribution in [0, 0.1) is 6.92 Å². The summed E-state index contributed by atoms with van der Waals surface area (Å²) in [5, 5.41) is 1.07. The van der Waals surface area contributed by atoms with E-state index in [2.05, 4.69) is 28.7 Å². The Bertz CT molecular complexity index is 384. The second-order valence-electron chi connectivity index (χ2n) is 4.17. The van der Waals surface area contributed by atoms with E-state index < -0.39 is 0 Å². The van der Waals surface area contributed by atoms with Crippen molar-refractivity contribution in [2.24, 2.45) is 5.73 Å². The topological polar surface area (TPSA) is 51.8 Å². The van der Waals surface area contributed by atoms with Crippen molar-refractivity contribution >= 4 is 23.5 Å². The first kappa shape index (κ1) is 13.2. The molecule has 17 heavy (non-hydrogen) atoms. The summed E-state index contributed by atoms with van der Waals surface area (Å²) in [4.78, 5) is 9.21. The third-order valence-corrected chi connectivity index (χ3v) is 6.08. The molecule has 2 rings (SSSR count). The molecule has 1 aromatic heterocycles. The Morgan fingerprint density at radius 3 is 2.82 bits per heavy atom. The van der Waals surface area contributed by atoms with Gasteiger partial charge in [0, 0.05) is 29.0 Å². The van der Waals surface area contributed by atoms with Gasteiger partial charge in [0.05, 0.1) is 10.9 Å². The van der Waals surface area contributed by atoms with E-state index in [0.717, 1.165) is 17.2 Å². The van der Waals surface area contributed by atoms with Crippen molar-refractivity contribution in [3.63, 3.8) is 0 Å². The zero-order valence-corrected chi connectivity index (χ0v) is 12.0. The largest absolute Gasteiger partial charge is 0.325 e. The molecule has 2 N–H and O–H groups in total. The second-order valence-corrected chi connectivity index (χ2v) is 6.77. The summed E-state index contributed by atoms with van der Waals surface area (Å²) in [6.07, 6.45) is 1.18. The average Bonchev–Trinajstić information content (AvgIpc) is 2.37. The van der Waals surface area contributed by atoms with E-state index in [0.29, 0.717) is 17.0 Å². The summed E-state index contributed by atoms with van der Waals surface area (Å²) >= 11 is 4.04.